The van der Waals surface area contributed by atoms with Crippen LogP contribution < -0.4 is 5.32 Å². The second-order valence-electron chi connectivity index (χ2n) is 12.3. The Kier molecular flexibility index (Phi) is 5.80. The Balaban J connectivity index is 1.95. The van der Waals surface area contributed by atoms with Gasteiger partial charge in [-0.2, -0.15) is 0 Å². The van der Waals surface area contributed by atoms with Crippen LogP contribution in [0.5, 0.6) is 0 Å². The molecule has 1 N–H and O–H groups in total. The summed E-state index contributed by atoms with van der Waals surface area (Å²) in [5.41, 5.74) is 11.3. The molecule has 2 aliphatic carbocycles. The lowest BCUT2D eigenvalue weighted by molar-refractivity contribution is 0.206. The van der Waals surface area contributed by atoms with E-state index in [1.807, 2.05) is 0 Å². The van der Waals surface area contributed by atoms with Crippen LogP contribution in [0.2, 0.25) is 0 Å². The first-order chi connectivity index (χ1) is 15.0. The van der Waals surface area contributed by atoms with E-state index in [0.29, 0.717) is 11.8 Å². The van der Waals surface area contributed by atoms with Crippen molar-refractivity contribution in [3.05, 3.63) is 52.6 Å². The average molecular weight is 432 g/mol. The summed E-state index contributed by atoms with van der Waals surface area (Å²) >= 11 is 0. The van der Waals surface area contributed by atoms with Crippen molar-refractivity contribution >= 4 is 16.8 Å². The smallest absolute Gasteiger partial charge is 0.0461 e. The minimum Gasteiger partial charge on any atom is -0.381 e. The first-order valence-corrected chi connectivity index (χ1v) is 12.9. The molecule has 1 nitrogen and oxygen atoms in total. The minimum absolute atomic E-state index is 0.145. The van der Waals surface area contributed by atoms with E-state index < -0.39 is 0 Å². The molecule has 1 aliphatic heterocycles. The summed E-state index contributed by atoms with van der Waals surface area (Å²) in [5.74, 6) is 1.14. The Labute approximate surface area is 197 Å². The molecule has 1 aromatic rings. The molecule has 0 spiro atoms. The monoisotopic (exact) mass is 431 g/mol. The third-order valence-corrected chi connectivity index (χ3v) is 9.13. The van der Waals surface area contributed by atoms with Crippen molar-refractivity contribution in [3.63, 3.8) is 0 Å². The zero-order chi connectivity index (χ0) is 23.5. The van der Waals surface area contributed by atoms with Gasteiger partial charge in [-0.1, -0.05) is 91.7 Å². The fourth-order valence-electron chi connectivity index (χ4n) is 7.62. The van der Waals surface area contributed by atoms with Gasteiger partial charge in [0.15, 0.2) is 0 Å². The van der Waals surface area contributed by atoms with Gasteiger partial charge in [0.25, 0.3) is 0 Å². The SMILES string of the molecule is CC=CC(C)(C(C)CCC)C1CC=C(C)c2ccc3c(c21)NCC1=C3C(C)(C)CC1(C)C. The van der Waals surface area contributed by atoms with E-state index in [-0.39, 0.29) is 16.2 Å². The Hall–Kier alpha value is -1.76. The number of allylic oxidation sites excluding steroid dienone is 5. The second-order valence-corrected chi connectivity index (χ2v) is 12.3. The molecule has 0 aromatic heterocycles. The van der Waals surface area contributed by atoms with Gasteiger partial charge in [-0.15, -0.1) is 0 Å². The van der Waals surface area contributed by atoms with Crippen LogP contribution in [-0.4, -0.2) is 6.54 Å². The average Bonchev–Trinajstić information content (AvgIpc) is 2.92. The summed E-state index contributed by atoms with van der Waals surface area (Å²) in [7, 11) is 0. The standard InChI is InChI=1S/C31H45N/c1-10-12-21(4)31(9,17-11-2)24-16-13-20(3)22-14-15-23-27-25(18-32-28(23)26(22)24)29(5,6)19-30(27,7)8/h11,13-15,17,21,24,32H,10,12,16,18-19H2,1-9H3. The van der Waals surface area contributed by atoms with Crippen molar-refractivity contribution < 1.29 is 0 Å². The zero-order valence-corrected chi connectivity index (χ0v) is 22.1. The van der Waals surface area contributed by atoms with Gasteiger partial charge in [-0.25, -0.2) is 0 Å². The molecule has 0 amide bonds. The first-order valence-electron chi connectivity index (χ1n) is 12.9. The van der Waals surface area contributed by atoms with Crippen molar-refractivity contribution in [1.29, 1.82) is 0 Å². The minimum atomic E-state index is 0.145. The summed E-state index contributed by atoms with van der Waals surface area (Å²) < 4.78 is 0. The summed E-state index contributed by atoms with van der Waals surface area (Å²) in [6.45, 7) is 22.6. The van der Waals surface area contributed by atoms with Crippen LogP contribution in [0.3, 0.4) is 0 Å². The molecule has 4 rings (SSSR count). The Morgan fingerprint density at radius 1 is 1.16 bits per heavy atom. The molecule has 1 heterocycles. The molecule has 0 radical (unpaired) electrons. The predicted molar refractivity (Wildman–Crippen MR) is 142 cm³/mol. The molecular weight excluding hydrogens is 386 g/mol. The highest BCUT2D eigenvalue weighted by molar-refractivity contribution is 5.91. The van der Waals surface area contributed by atoms with Crippen LogP contribution in [0.15, 0.2) is 35.9 Å². The molecule has 0 saturated carbocycles. The third-order valence-electron chi connectivity index (χ3n) is 9.13. The highest BCUT2D eigenvalue weighted by Gasteiger charge is 2.48. The fraction of sp³-hybridized carbons (Fsp3) is 0.613. The van der Waals surface area contributed by atoms with Crippen LogP contribution in [0, 0.1) is 22.2 Å². The van der Waals surface area contributed by atoms with Gasteiger partial charge < -0.3 is 5.32 Å². The lowest BCUT2D eigenvalue weighted by atomic mass is 9.60. The number of nitrogens with one attached hydrogen (secondary N) is 1. The van der Waals surface area contributed by atoms with E-state index >= 15 is 0 Å². The molecule has 32 heavy (non-hydrogen) atoms. The van der Waals surface area contributed by atoms with Gasteiger partial charge in [0.2, 0.25) is 0 Å². The van der Waals surface area contributed by atoms with Crippen LogP contribution in [0.4, 0.5) is 5.69 Å². The maximum absolute atomic E-state index is 3.98. The Bertz CT molecular complexity index is 1000. The highest BCUT2D eigenvalue weighted by Crippen LogP contribution is 2.61. The maximum atomic E-state index is 3.98. The van der Waals surface area contributed by atoms with Crippen molar-refractivity contribution in [2.75, 3.05) is 11.9 Å². The van der Waals surface area contributed by atoms with E-state index in [1.54, 1.807) is 16.7 Å². The third kappa shape index (κ3) is 3.42. The Morgan fingerprint density at radius 3 is 2.50 bits per heavy atom. The molecule has 3 aliphatic rings. The van der Waals surface area contributed by atoms with Gasteiger partial charge >= 0.3 is 0 Å². The predicted octanol–water partition coefficient (Wildman–Crippen LogP) is 9.23. The maximum Gasteiger partial charge on any atom is 0.0461 e. The van der Waals surface area contributed by atoms with E-state index in [0.717, 1.165) is 13.0 Å². The molecule has 1 heteroatoms. The van der Waals surface area contributed by atoms with Crippen molar-refractivity contribution in [1.82, 2.24) is 0 Å². The molecule has 174 valence electrons. The number of fused-ring (bicyclic) bond motifs is 4. The van der Waals surface area contributed by atoms with Crippen LogP contribution >= 0.6 is 0 Å². The topological polar surface area (TPSA) is 12.0 Å². The molecule has 0 saturated heterocycles. The van der Waals surface area contributed by atoms with E-state index in [4.69, 9.17) is 0 Å². The summed E-state index contributed by atoms with van der Waals surface area (Å²) in [4.78, 5) is 0. The molecule has 1 aromatic carbocycles. The quantitative estimate of drug-likeness (QED) is 0.458. The lowest BCUT2D eigenvalue weighted by Crippen LogP contribution is -2.34. The molecule has 3 unspecified atom stereocenters. The fourth-order valence-corrected chi connectivity index (χ4v) is 7.62. The van der Waals surface area contributed by atoms with E-state index in [2.05, 4.69) is 98.0 Å². The molecule has 0 fully saturated rings. The van der Waals surface area contributed by atoms with Crippen molar-refractivity contribution in [2.24, 2.45) is 22.2 Å². The van der Waals surface area contributed by atoms with E-state index in [9.17, 15) is 0 Å². The number of anilines is 1. The van der Waals surface area contributed by atoms with Gasteiger partial charge in [0.1, 0.15) is 0 Å². The first kappa shape index (κ1) is 23.4. The normalized spacial score (nSPS) is 26.0. The lowest BCUT2D eigenvalue weighted by Gasteiger charge is -2.45. The van der Waals surface area contributed by atoms with Crippen molar-refractivity contribution in [2.45, 2.75) is 93.9 Å². The van der Waals surface area contributed by atoms with Crippen LogP contribution in [0.1, 0.15) is 111 Å². The van der Waals surface area contributed by atoms with E-state index in [1.165, 1.54) is 41.6 Å². The van der Waals surface area contributed by atoms with Gasteiger partial charge in [-0.05, 0) is 82.6 Å². The van der Waals surface area contributed by atoms with Gasteiger partial charge in [0, 0.05) is 17.8 Å². The largest absolute Gasteiger partial charge is 0.381 e. The summed E-state index contributed by atoms with van der Waals surface area (Å²) in [6.07, 6.45) is 12.2. The van der Waals surface area contributed by atoms with Gasteiger partial charge in [0.05, 0.1) is 0 Å². The summed E-state index contributed by atoms with van der Waals surface area (Å²) in [6, 6.07) is 4.87. The Morgan fingerprint density at radius 2 is 1.84 bits per heavy atom. The second kappa shape index (κ2) is 7.93. The van der Waals surface area contributed by atoms with Crippen molar-refractivity contribution in [3.8, 4) is 0 Å². The molecule has 3 atom stereocenters. The number of hydrogen-bond acceptors (Lipinski definition) is 1. The highest BCUT2D eigenvalue weighted by atomic mass is 14.9. The zero-order valence-electron chi connectivity index (χ0n) is 22.1. The van der Waals surface area contributed by atoms with Crippen LogP contribution in [0.25, 0.3) is 11.1 Å². The number of rotatable bonds is 5. The molecule has 0 bridgehead atoms. The summed E-state index contributed by atoms with van der Waals surface area (Å²) in [5, 5.41) is 3.98. The number of hydrogen-bond donors (Lipinski definition) is 1. The van der Waals surface area contributed by atoms with Gasteiger partial charge in [-0.3, -0.25) is 0 Å². The number of benzene rings is 1. The van der Waals surface area contributed by atoms with Crippen LogP contribution in [-0.2, 0) is 0 Å². The molecular formula is C31H45N.